The summed E-state index contributed by atoms with van der Waals surface area (Å²) in [6, 6.07) is 3.48. The predicted molar refractivity (Wildman–Crippen MR) is 56.4 cm³/mol. The Balaban J connectivity index is 2.91. The number of hydrogen-bond donors (Lipinski definition) is 2. The van der Waals surface area contributed by atoms with E-state index in [0.717, 1.165) is 10.0 Å². The molecule has 0 aromatic heterocycles. The summed E-state index contributed by atoms with van der Waals surface area (Å²) in [7, 11) is 0. The average Bonchev–Trinajstić information content (AvgIpc) is 2.01. The second-order valence-electron chi connectivity index (χ2n) is 2.82. The fourth-order valence-corrected chi connectivity index (χ4v) is 1.68. The van der Waals surface area contributed by atoms with Crippen LogP contribution in [-0.4, -0.2) is 17.7 Å². The van der Waals surface area contributed by atoms with Crippen LogP contribution >= 0.6 is 15.9 Å². The third kappa shape index (κ3) is 2.63. The van der Waals surface area contributed by atoms with Crippen LogP contribution in [-0.2, 0) is 4.79 Å². The zero-order valence-corrected chi connectivity index (χ0v) is 9.17. The molecule has 0 spiro atoms. The molecule has 0 aliphatic carbocycles. The summed E-state index contributed by atoms with van der Waals surface area (Å²) in [4.78, 5) is 10.3. The molecule has 0 heterocycles. The minimum atomic E-state index is -1.02. The highest BCUT2D eigenvalue weighted by Gasteiger charge is 2.07. The molecule has 4 nitrogen and oxygen atoms in total. The van der Waals surface area contributed by atoms with Crippen molar-refractivity contribution >= 4 is 27.6 Å². The van der Waals surface area contributed by atoms with Crippen LogP contribution in [0.1, 0.15) is 5.56 Å². The highest BCUT2D eigenvalue weighted by atomic mass is 79.9. The quantitative estimate of drug-likeness (QED) is 0.813. The van der Waals surface area contributed by atoms with Crippen LogP contribution < -0.4 is 10.5 Å². The Hall–Kier alpha value is -1.23. The molecule has 5 heteroatoms. The summed E-state index contributed by atoms with van der Waals surface area (Å²) in [5.41, 5.74) is 6.89. The Labute approximate surface area is 89.8 Å². The molecule has 0 aliphatic rings. The van der Waals surface area contributed by atoms with E-state index in [1.165, 1.54) is 0 Å². The van der Waals surface area contributed by atoms with Gasteiger partial charge in [-0.3, -0.25) is 0 Å². The number of hydrogen-bond acceptors (Lipinski definition) is 3. The fourth-order valence-electron chi connectivity index (χ4n) is 1.09. The monoisotopic (exact) mass is 259 g/mol. The lowest BCUT2D eigenvalue weighted by molar-refractivity contribution is -0.139. The molecule has 0 amide bonds. The summed E-state index contributed by atoms with van der Waals surface area (Å²) < 4.78 is 5.88. The van der Waals surface area contributed by atoms with E-state index in [-0.39, 0.29) is 6.61 Å². The van der Waals surface area contributed by atoms with Gasteiger partial charge in [0.25, 0.3) is 0 Å². The number of aryl methyl sites for hydroxylation is 1. The normalized spacial score (nSPS) is 9.86. The van der Waals surface area contributed by atoms with Gasteiger partial charge in [-0.2, -0.15) is 0 Å². The Morgan fingerprint density at radius 2 is 2.29 bits per heavy atom. The molecule has 0 radical (unpaired) electrons. The fraction of sp³-hybridized carbons (Fsp3) is 0.222. The molecule has 0 bridgehead atoms. The smallest absolute Gasteiger partial charge is 0.341 e. The van der Waals surface area contributed by atoms with Crippen LogP contribution in [0.25, 0.3) is 0 Å². The number of benzene rings is 1. The summed E-state index contributed by atoms with van der Waals surface area (Å²) in [6.07, 6.45) is 0. The van der Waals surface area contributed by atoms with Gasteiger partial charge in [0.2, 0.25) is 0 Å². The number of carbonyl (C=O) groups is 1. The van der Waals surface area contributed by atoms with E-state index in [9.17, 15) is 4.79 Å². The van der Waals surface area contributed by atoms with Crippen molar-refractivity contribution in [2.75, 3.05) is 12.3 Å². The molecule has 76 valence electrons. The van der Waals surface area contributed by atoms with Crippen molar-refractivity contribution in [1.29, 1.82) is 0 Å². The van der Waals surface area contributed by atoms with Gasteiger partial charge in [0.1, 0.15) is 5.75 Å². The Morgan fingerprint density at radius 1 is 1.64 bits per heavy atom. The van der Waals surface area contributed by atoms with Crippen LogP contribution in [0.3, 0.4) is 0 Å². The van der Waals surface area contributed by atoms with E-state index in [4.69, 9.17) is 15.6 Å². The number of nitrogens with two attached hydrogens (primary N) is 1. The lowest BCUT2D eigenvalue weighted by atomic mass is 10.2. The molecule has 0 saturated heterocycles. The van der Waals surface area contributed by atoms with Gasteiger partial charge in [0.05, 0.1) is 5.69 Å². The van der Waals surface area contributed by atoms with E-state index >= 15 is 0 Å². The minimum absolute atomic E-state index is 0.382. The van der Waals surface area contributed by atoms with E-state index in [2.05, 4.69) is 15.9 Å². The lowest BCUT2D eigenvalue weighted by Gasteiger charge is -2.10. The summed E-state index contributed by atoms with van der Waals surface area (Å²) in [6.45, 7) is 1.42. The number of nitrogen functional groups attached to an aromatic ring is 1. The van der Waals surface area contributed by atoms with Crippen LogP contribution in [0.4, 0.5) is 5.69 Å². The topological polar surface area (TPSA) is 72.5 Å². The van der Waals surface area contributed by atoms with Crippen molar-refractivity contribution in [3.05, 3.63) is 22.2 Å². The molecular weight excluding hydrogens is 250 g/mol. The van der Waals surface area contributed by atoms with Gasteiger partial charge in [-0.25, -0.2) is 4.79 Å². The largest absolute Gasteiger partial charge is 0.479 e. The summed E-state index contributed by atoms with van der Waals surface area (Å²) >= 11 is 3.28. The second-order valence-corrected chi connectivity index (χ2v) is 3.74. The number of halogens is 1. The number of aliphatic carboxylic acids is 1. The molecule has 0 unspecified atom stereocenters. The van der Waals surface area contributed by atoms with E-state index in [1.807, 2.05) is 6.07 Å². The van der Waals surface area contributed by atoms with Crippen LogP contribution in [0.5, 0.6) is 5.75 Å². The number of ether oxygens (including phenoxy) is 1. The number of carboxylic acids is 1. The molecule has 0 aliphatic heterocycles. The molecule has 3 N–H and O–H groups in total. The lowest BCUT2D eigenvalue weighted by Crippen LogP contribution is -2.11. The standard InChI is InChI=1S/C9H10BrNO3/c1-5-2-6(10)3-7(11)9(5)14-4-8(12)13/h2-3H,4,11H2,1H3,(H,12,13). The molecule has 1 rings (SSSR count). The first kappa shape index (κ1) is 10.8. The van der Waals surface area contributed by atoms with Crippen LogP contribution in [0.2, 0.25) is 0 Å². The van der Waals surface area contributed by atoms with Gasteiger partial charge >= 0.3 is 5.97 Å². The second kappa shape index (κ2) is 4.32. The maximum Gasteiger partial charge on any atom is 0.341 e. The molecule has 0 fully saturated rings. The van der Waals surface area contributed by atoms with Crippen molar-refractivity contribution in [1.82, 2.24) is 0 Å². The van der Waals surface area contributed by atoms with Crippen molar-refractivity contribution in [3.8, 4) is 5.75 Å². The van der Waals surface area contributed by atoms with Crippen molar-refractivity contribution < 1.29 is 14.6 Å². The molecule has 1 aromatic carbocycles. The Bertz CT molecular complexity index is 342. The molecule has 1 aromatic rings. The third-order valence-corrected chi connectivity index (χ3v) is 2.07. The molecule has 0 atom stereocenters. The Kier molecular flexibility index (Phi) is 3.35. The predicted octanol–water partition coefficient (Wildman–Crippen LogP) is 1.80. The SMILES string of the molecule is Cc1cc(Br)cc(N)c1OCC(=O)O. The average molecular weight is 260 g/mol. The number of anilines is 1. The van der Waals surface area contributed by atoms with Gasteiger partial charge in [-0.15, -0.1) is 0 Å². The minimum Gasteiger partial charge on any atom is -0.479 e. The van der Waals surface area contributed by atoms with E-state index in [0.29, 0.717) is 11.4 Å². The van der Waals surface area contributed by atoms with Gasteiger partial charge in [-0.1, -0.05) is 15.9 Å². The highest BCUT2D eigenvalue weighted by molar-refractivity contribution is 9.10. The maximum atomic E-state index is 10.3. The van der Waals surface area contributed by atoms with Gasteiger partial charge in [0.15, 0.2) is 6.61 Å². The van der Waals surface area contributed by atoms with Crippen molar-refractivity contribution in [2.24, 2.45) is 0 Å². The number of carboxylic acid groups (broad SMARTS) is 1. The molecule has 14 heavy (non-hydrogen) atoms. The van der Waals surface area contributed by atoms with Gasteiger partial charge in [0, 0.05) is 4.47 Å². The Morgan fingerprint density at radius 3 is 2.79 bits per heavy atom. The van der Waals surface area contributed by atoms with E-state index in [1.54, 1.807) is 13.0 Å². The zero-order valence-electron chi connectivity index (χ0n) is 7.58. The third-order valence-electron chi connectivity index (χ3n) is 1.61. The highest BCUT2D eigenvalue weighted by Crippen LogP contribution is 2.29. The van der Waals surface area contributed by atoms with Gasteiger partial charge < -0.3 is 15.6 Å². The number of rotatable bonds is 3. The van der Waals surface area contributed by atoms with Gasteiger partial charge in [-0.05, 0) is 24.6 Å². The summed E-state index contributed by atoms with van der Waals surface area (Å²) in [5.74, 6) is -0.595. The molecular formula is C9H10BrNO3. The zero-order chi connectivity index (χ0) is 10.7. The maximum absolute atomic E-state index is 10.3. The van der Waals surface area contributed by atoms with E-state index < -0.39 is 5.97 Å². The molecule has 0 saturated carbocycles. The van der Waals surface area contributed by atoms with Crippen LogP contribution in [0, 0.1) is 6.92 Å². The summed E-state index contributed by atoms with van der Waals surface area (Å²) in [5, 5.41) is 8.44. The first-order chi connectivity index (χ1) is 6.50. The van der Waals surface area contributed by atoms with Crippen molar-refractivity contribution in [3.63, 3.8) is 0 Å². The first-order valence-electron chi connectivity index (χ1n) is 3.91. The van der Waals surface area contributed by atoms with Crippen molar-refractivity contribution in [2.45, 2.75) is 6.92 Å². The first-order valence-corrected chi connectivity index (χ1v) is 4.70. The van der Waals surface area contributed by atoms with Crippen LogP contribution in [0.15, 0.2) is 16.6 Å².